The zero-order valence-corrected chi connectivity index (χ0v) is 8.98. The second kappa shape index (κ2) is 3.20. The zero-order chi connectivity index (χ0) is 10.3. The van der Waals surface area contributed by atoms with Gasteiger partial charge in [0, 0.05) is 15.2 Å². The molecule has 1 N–H and O–H groups in total. The predicted octanol–water partition coefficient (Wildman–Crippen LogP) is 2.74. The molecule has 0 saturated heterocycles. The summed E-state index contributed by atoms with van der Waals surface area (Å²) in [6.45, 7) is 1.54. The summed E-state index contributed by atoms with van der Waals surface area (Å²) >= 11 is 3.24. The van der Waals surface area contributed by atoms with Crippen LogP contribution in [0.1, 0.15) is 5.69 Å². The van der Waals surface area contributed by atoms with Crippen LogP contribution in [0.2, 0.25) is 0 Å². The van der Waals surface area contributed by atoms with Gasteiger partial charge in [0.1, 0.15) is 5.82 Å². The molecule has 0 saturated carbocycles. The number of rotatable bonds is 0. The molecule has 2 nitrogen and oxygen atoms in total. The van der Waals surface area contributed by atoms with Crippen LogP contribution in [0.25, 0.3) is 10.8 Å². The fourth-order valence-corrected chi connectivity index (χ4v) is 1.75. The van der Waals surface area contributed by atoms with E-state index in [0.29, 0.717) is 10.8 Å². The molecule has 1 heterocycles. The van der Waals surface area contributed by atoms with E-state index in [1.54, 1.807) is 18.2 Å². The van der Waals surface area contributed by atoms with Gasteiger partial charge in [-0.15, -0.1) is 0 Å². The van der Waals surface area contributed by atoms with Gasteiger partial charge >= 0.3 is 0 Å². The highest BCUT2D eigenvalue weighted by Crippen LogP contribution is 2.20. The summed E-state index contributed by atoms with van der Waals surface area (Å²) in [6.07, 6.45) is 0. The van der Waals surface area contributed by atoms with Crippen LogP contribution in [0.15, 0.2) is 27.5 Å². The number of hydrogen-bond donors (Lipinski definition) is 1. The Balaban J connectivity index is 3.03. The molecule has 0 fully saturated rings. The molecule has 72 valence electrons. The Kier molecular flexibility index (Phi) is 2.15. The molecule has 1 aromatic carbocycles. The lowest BCUT2D eigenvalue weighted by Gasteiger charge is -2.02. The van der Waals surface area contributed by atoms with Crippen molar-refractivity contribution >= 4 is 26.7 Å². The second-order valence-corrected chi connectivity index (χ2v) is 4.00. The molecular formula is C10H7BrFNO. The van der Waals surface area contributed by atoms with E-state index in [2.05, 4.69) is 20.9 Å². The first-order valence-electron chi connectivity index (χ1n) is 4.07. The van der Waals surface area contributed by atoms with Crippen molar-refractivity contribution < 1.29 is 4.39 Å². The van der Waals surface area contributed by atoms with E-state index >= 15 is 0 Å². The number of aromatic amines is 1. The minimum Gasteiger partial charge on any atom is -0.323 e. The summed E-state index contributed by atoms with van der Waals surface area (Å²) in [5.41, 5.74) is 0.00648. The van der Waals surface area contributed by atoms with Gasteiger partial charge in [0.25, 0.3) is 5.56 Å². The van der Waals surface area contributed by atoms with E-state index in [0.717, 1.165) is 4.47 Å². The smallest absolute Gasteiger partial charge is 0.256 e. The van der Waals surface area contributed by atoms with Crippen LogP contribution in [0.3, 0.4) is 0 Å². The average molecular weight is 256 g/mol. The molecule has 0 bridgehead atoms. The first-order chi connectivity index (χ1) is 6.59. The minimum atomic E-state index is -0.374. The summed E-state index contributed by atoms with van der Waals surface area (Å²) < 4.78 is 14.3. The first kappa shape index (κ1) is 9.40. The first-order valence-corrected chi connectivity index (χ1v) is 4.86. The summed E-state index contributed by atoms with van der Waals surface area (Å²) in [5.74, 6) is -0.374. The van der Waals surface area contributed by atoms with E-state index in [-0.39, 0.29) is 17.1 Å². The molecule has 2 aromatic rings. The number of benzene rings is 1. The van der Waals surface area contributed by atoms with Crippen molar-refractivity contribution in [3.8, 4) is 0 Å². The Labute approximate surface area is 87.9 Å². The lowest BCUT2D eigenvalue weighted by Crippen LogP contribution is -2.09. The Bertz CT molecular complexity index is 562. The van der Waals surface area contributed by atoms with Crippen LogP contribution in [0.4, 0.5) is 4.39 Å². The normalized spacial score (nSPS) is 10.8. The Morgan fingerprint density at radius 3 is 2.79 bits per heavy atom. The number of aryl methyl sites for hydroxylation is 1. The maximum Gasteiger partial charge on any atom is 0.256 e. The van der Waals surface area contributed by atoms with Gasteiger partial charge < -0.3 is 4.98 Å². The SMILES string of the molecule is Cc1[nH]c(=O)c2ccc(Br)cc2c1F. The number of hydrogen-bond acceptors (Lipinski definition) is 1. The van der Waals surface area contributed by atoms with Crippen molar-refractivity contribution in [2.24, 2.45) is 0 Å². The van der Waals surface area contributed by atoms with Crippen LogP contribution in [0, 0.1) is 12.7 Å². The summed E-state index contributed by atoms with van der Waals surface area (Å²) in [6, 6.07) is 4.92. The number of aromatic nitrogens is 1. The zero-order valence-electron chi connectivity index (χ0n) is 7.40. The third kappa shape index (κ3) is 1.35. The summed E-state index contributed by atoms with van der Waals surface area (Å²) in [5, 5.41) is 0.719. The van der Waals surface area contributed by atoms with E-state index in [1.165, 1.54) is 6.92 Å². The van der Waals surface area contributed by atoms with Crippen molar-refractivity contribution in [1.29, 1.82) is 0 Å². The van der Waals surface area contributed by atoms with Crippen LogP contribution < -0.4 is 5.56 Å². The number of pyridine rings is 1. The van der Waals surface area contributed by atoms with E-state index < -0.39 is 0 Å². The molecule has 2 rings (SSSR count). The molecule has 14 heavy (non-hydrogen) atoms. The van der Waals surface area contributed by atoms with Crippen LogP contribution in [0.5, 0.6) is 0 Å². The molecule has 0 aliphatic carbocycles. The van der Waals surface area contributed by atoms with Crippen molar-refractivity contribution in [3.05, 3.63) is 44.5 Å². The molecule has 0 radical (unpaired) electrons. The fraction of sp³-hybridized carbons (Fsp3) is 0.100. The Hall–Kier alpha value is -1.16. The summed E-state index contributed by atoms with van der Waals surface area (Å²) in [4.78, 5) is 13.9. The largest absolute Gasteiger partial charge is 0.323 e. The molecular weight excluding hydrogens is 249 g/mol. The van der Waals surface area contributed by atoms with E-state index in [4.69, 9.17) is 0 Å². The maximum absolute atomic E-state index is 13.6. The van der Waals surface area contributed by atoms with E-state index in [1.807, 2.05) is 0 Å². The van der Waals surface area contributed by atoms with Gasteiger partial charge in [0.05, 0.1) is 5.69 Å². The Morgan fingerprint density at radius 2 is 2.07 bits per heavy atom. The van der Waals surface area contributed by atoms with Crippen LogP contribution in [-0.2, 0) is 0 Å². The van der Waals surface area contributed by atoms with Gasteiger partial charge in [0.15, 0.2) is 0 Å². The number of H-pyrrole nitrogens is 1. The Morgan fingerprint density at radius 1 is 1.36 bits per heavy atom. The third-order valence-corrected chi connectivity index (χ3v) is 2.59. The topological polar surface area (TPSA) is 32.9 Å². The van der Waals surface area contributed by atoms with Gasteiger partial charge in [0.2, 0.25) is 0 Å². The molecule has 0 aliphatic rings. The molecule has 0 unspecified atom stereocenters. The van der Waals surface area contributed by atoms with Crippen molar-refractivity contribution in [2.75, 3.05) is 0 Å². The fourth-order valence-electron chi connectivity index (χ4n) is 1.39. The van der Waals surface area contributed by atoms with Gasteiger partial charge in [-0.1, -0.05) is 15.9 Å². The highest BCUT2D eigenvalue weighted by atomic mass is 79.9. The lowest BCUT2D eigenvalue weighted by molar-refractivity contribution is 0.621. The average Bonchev–Trinajstić information content (AvgIpc) is 2.14. The standard InChI is InChI=1S/C10H7BrFNO/c1-5-9(12)8-4-6(11)2-3-7(8)10(14)13-5/h2-4H,1H3,(H,13,14). The number of fused-ring (bicyclic) bond motifs is 1. The van der Waals surface area contributed by atoms with Crippen molar-refractivity contribution in [3.63, 3.8) is 0 Å². The van der Waals surface area contributed by atoms with Crippen LogP contribution in [-0.4, -0.2) is 4.98 Å². The van der Waals surface area contributed by atoms with Gasteiger partial charge in [-0.2, -0.15) is 0 Å². The van der Waals surface area contributed by atoms with Gasteiger partial charge in [-0.3, -0.25) is 4.79 Å². The third-order valence-electron chi connectivity index (χ3n) is 2.09. The molecule has 4 heteroatoms. The second-order valence-electron chi connectivity index (χ2n) is 3.08. The molecule has 0 aliphatic heterocycles. The van der Waals surface area contributed by atoms with Gasteiger partial charge in [-0.05, 0) is 25.1 Å². The molecule has 0 amide bonds. The molecule has 0 atom stereocenters. The van der Waals surface area contributed by atoms with Gasteiger partial charge in [-0.25, -0.2) is 4.39 Å². The predicted molar refractivity (Wildman–Crippen MR) is 57.0 cm³/mol. The molecule has 0 spiro atoms. The molecule has 1 aromatic heterocycles. The number of nitrogens with one attached hydrogen (secondary N) is 1. The minimum absolute atomic E-state index is 0.258. The highest BCUT2D eigenvalue weighted by molar-refractivity contribution is 9.10. The van der Waals surface area contributed by atoms with E-state index in [9.17, 15) is 9.18 Å². The quantitative estimate of drug-likeness (QED) is 0.772. The van der Waals surface area contributed by atoms with Crippen molar-refractivity contribution in [1.82, 2.24) is 4.98 Å². The monoisotopic (exact) mass is 255 g/mol. The summed E-state index contributed by atoms with van der Waals surface area (Å²) in [7, 11) is 0. The van der Waals surface area contributed by atoms with Crippen molar-refractivity contribution in [2.45, 2.75) is 6.92 Å². The highest BCUT2D eigenvalue weighted by Gasteiger charge is 2.07. The lowest BCUT2D eigenvalue weighted by atomic mass is 10.1. The number of halogens is 2. The maximum atomic E-state index is 13.6. The van der Waals surface area contributed by atoms with Crippen LogP contribution >= 0.6 is 15.9 Å².